The lowest BCUT2D eigenvalue weighted by Crippen LogP contribution is -2.37. The number of methoxy groups -OCH3 is 1. The Balaban J connectivity index is 3.00. The zero-order valence-corrected chi connectivity index (χ0v) is 10.6. The molecule has 0 heterocycles. The van der Waals surface area contributed by atoms with Gasteiger partial charge in [0.05, 0.1) is 18.1 Å². The Labute approximate surface area is 106 Å². The van der Waals surface area contributed by atoms with Crippen molar-refractivity contribution < 1.29 is 19.4 Å². The van der Waals surface area contributed by atoms with Crippen molar-refractivity contribution in [3.63, 3.8) is 0 Å². The van der Waals surface area contributed by atoms with Gasteiger partial charge >= 0.3 is 11.9 Å². The number of carbonyl (C=O) groups is 2. The van der Waals surface area contributed by atoms with Gasteiger partial charge in [-0.25, -0.2) is 4.79 Å². The molecule has 5 heteroatoms. The van der Waals surface area contributed by atoms with E-state index in [-0.39, 0.29) is 5.56 Å². The van der Waals surface area contributed by atoms with Crippen LogP contribution in [0.25, 0.3) is 0 Å². The lowest BCUT2D eigenvalue weighted by molar-refractivity contribution is -0.152. The van der Waals surface area contributed by atoms with Gasteiger partial charge in [0.2, 0.25) is 0 Å². The van der Waals surface area contributed by atoms with Crippen LogP contribution in [0.2, 0.25) is 0 Å². The van der Waals surface area contributed by atoms with E-state index >= 15 is 0 Å². The minimum atomic E-state index is -0.998. The number of aromatic carboxylic acids is 1. The van der Waals surface area contributed by atoms with E-state index in [9.17, 15) is 9.59 Å². The molecule has 0 bridgehead atoms. The Kier molecular flexibility index (Phi) is 4.08. The highest BCUT2D eigenvalue weighted by molar-refractivity contribution is 5.87. The van der Waals surface area contributed by atoms with Crippen molar-refractivity contribution in [2.75, 3.05) is 7.11 Å². The fourth-order valence-electron chi connectivity index (χ4n) is 1.64. The summed E-state index contributed by atoms with van der Waals surface area (Å²) in [4.78, 5) is 22.4. The van der Waals surface area contributed by atoms with Gasteiger partial charge in [-0.2, -0.15) is 0 Å². The minimum absolute atomic E-state index is 0.182. The maximum Gasteiger partial charge on any atom is 0.335 e. The van der Waals surface area contributed by atoms with Gasteiger partial charge in [-0.15, -0.1) is 0 Å². The fraction of sp³-hybridized carbons (Fsp3) is 0.385. The predicted octanol–water partition coefficient (Wildman–Crippen LogP) is 1.58. The minimum Gasteiger partial charge on any atom is -0.478 e. The Bertz CT molecular complexity index is 451. The van der Waals surface area contributed by atoms with Crippen molar-refractivity contribution in [2.24, 2.45) is 11.1 Å². The number of rotatable bonds is 4. The molecule has 5 nitrogen and oxygen atoms in total. The standard InChI is InChI=1S/C13H17NO4/c1-13(2,12(17)18-3)10(14)8-4-6-9(7-5-8)11(15)16/h4-7,10H,14H2,1-3H3,(H,15,16)/t10-/m0/s1. The number of nitrogens with two attached hydrogens (primary N) is 1. The zero-order valence-electron chi connectivity index (χ0n) is 10.6. The second-order valence-electron chi connectivity index (χ2n) is 4.62. The van der Waals surface area contributed by atoms with Crippen molar-refractivity contribution in [2.45, 2.75) is 19.9 Å². The fourth-order valence-corrected chi connectivity index (χ4v) is 1.64. The average molecular weight is 251 g/mol. The van der Waals surface area contributed by atoms with Gasteiger partial charge in [-0.05, 0) is 31.5 Å². The lowest BCUT2D eigenvalue weighted by atomic mass is 9.81. The number of ether oxygens (including phenoxy) is 1. The Morgan fingerprint density at radius 1 is 1.28 bits per heavy atom. The van der Waals surface area contributed by atoms with Crippen LogP contribution in [0.5, 0.6) is 0 Å². The number of carboxylic acid groups (broad SMARTS) is 1. The monoisotopic (exact) mass is 251 g/mol. The molecule has 0 aromatic heterocycles. The van der Waals surface area contributed by atoms with Gasteiger partial charge in [0, 0.05) is 6.04 Å². The maximum atomic E-state index is 11.6. The number of benzene rings is 1. The molecular formula is C13H17NO4. The van der Waals surface area contributed by atoms with Gasteiger partial charge in [0.1, 0.15) is 0 Å². The molecule has 18 heavy (non-hydrogen) atoms. The largest absolute Gasteiger partial charge is 0.478 e. The van der Waals surface area contributed by atoms with Crippen LogP contribution in [0.1, 0.15) is 35.8 Å². The second kappa shape index (κ2) is 5.18. The first-order valence-electron chi connectivity index (χ1n) is 5.48. The highest BCUT2D eigenvalue weighted by atomic mass is 16.5. The van der Waals surface area contributed by atoms with Crippen molar-refractivity contribution in [3.8, 4) is 0 Å². The highest BCUT2D eigenvalue weighted by Crippen LogP contribution is 2.32. The van der Waals surface area contributed by atoms with Gasteiger partial charge in [0.15, 0.2) is 0 Å². The normalized spacial score (nSPS) is 12.9. The molecule has 1 atom stereocenters. The second-order valence-corrected chi connectivity index (χ2v) is 4.62. The summed E-state index contributed by atoms with van der Waals surface area (Å²) in [6, 6.07) is 5.58. The van der Waals surface area contributed by atoms with Crippen molar-refractivity contribution in [1.29, 1.82) is 0 Å². The molecule has 0 aliphatic rings. The predicted molar refractivity (Wildman–Crippen MR) is 66.1 cm³/mol. The number of carbonyl (C=O) groups excluding carboxylic acids is 1. The molecule has 0 spiro atoms. The number of hydrogen-bond donors (Lipinski definition) is 2. The Morgan fingerprint density at radius 2 is 1.78 bits per heavy atom. The van der Waals surface area contributed by atoms with Crippen LogP contribution in [0.3, 0.4) is 0 Å². The van der Waals surface area contributed by atoms with E-state index in [4.69, 9.17) is 15.6 Å². The highest BCUT2D eigenvalue weighted by Gasteiger charge is 2.36. The zero-order chi connectivity index (χ0) is 13.9. The molecule has 0 aliphatic heterocycles. The summed E-state index contributed by atoms with van der Waals surface area (Å²) in [5.74, 6) is -1.40. The summed E-state index contributed by atoms with van der Waals surface area (Å²) in [5.41, 5.74) is 6.02. The SMILES string of the molecule is COC(=O)C(C)(C)[C@@H](N)c1ccc(C(=O)O)cc1. The molecular weight excluding hydrogens is 234 g/mol. The third-order valence-corrected chi connectivity index (χ3v) is 3.01. The van der Waals surface area contributed by atoms with E-state index in [1.807, 2.05) is 0 Å². The summed E-state index contributed by atoms with van der Waals surface area (Å²) in [6.45, 7) is 3.38. The van der Waals surface area contributed by atoms with Gasteiger partial charge in [-0.1, -0.05) is 12.1 Å². The first-order valence-corrected chi connectivity index (χ1v) is 5.48. The first-order chi connectivity index (χ1) is 8.30. The molecule has 98 valence electrons. The molecule has 0 saturated carbocycles. The third-order valence-electron chi connectivity index (χ3n) is 3.01. The molecule has 0 radical (unpaired) electrons. The molecule has 0 unspecified atom stereocenters. The quantitative estimate of drug-likeness (QED) is 0.793. The van der Waals surface area contributed by atoms with Crippen LogP contribution in [0.4, 0.5) is 0 Å². The molecule has 1 rings (SSSR count). The maximum absolute atomic E-state index is 11.6. The molecule has 0 aliphatic carbocycles. The Morgan fingerprint density at radius 3 is 2.17 bits per heavy atom. The van der Waals surface area contributed by atoms with Gasteiger partial charge in [0.25, 0.3) is 0 Å². The third kappa shape index (κ3) is 2.68. The Hall–Kier alpha value is -1.88. The first kappa shape index (κ1) is 14.2. The van der Waals surface area contributed by atoms with Crippen molar-refractivity contribution in [1.82, 2.24) is 0 Å². The topological polar surface area (TPSA) is 89.6 Å². The van der Waals surface area contributed by atoms with Crippen LogP contribution in [-0.2, 0) is 9.53 Å². The number of esters is 1. The summed E-state index contributed by atoms with van der Waals surface area (Å²) in [7, 11) is 1.31. The van der Waals surface area contributed by atoms with Gasteiger partial charge in [-0.3, -0.25) is 4.79 Å². The average Bonchev–Trinajstić information content (AvgIpc) is 2.36. The van der Waals surface area contributed by atoms with E-state index in [1.54, 1.807) is 26.0 Å². The van der Waals surface area contributed by atoms with Crippen molar-refractivity contribution in [3.05, 3.63) is 35.4 Å². The van der Waals surface area contributed by atoms with Gasteiger partial charge < -0.3 is 15.6 Å². The molecule has 0 saturated heterocycles. The molecule has 1 aromatic rings. The van der Waals surface area contributed by atoms with Crippen molar-refractivity contribution >= 4 is 11.9 Å². The summed E-state index contributed by atoms with van der Waals surface area (Å²) >= 11 is 0. The molecule has 0 amide bonds. The lowest BCUT2D eigenvalue weighted by Gasteiger charge is -2.28. The van der Waals surface area contributed by atoms with E-state index in [0.29, 0.717) is 5.56 Å². The van der Waals surface area contributed by atoms with E-state index < -0.39 is 23.4 Å². The smallest absolute Gasteiger partial charge is 0.335 e. The summed E-state index contributed by atoms with van der Waals surface area (Å²) in [5, 5.41) is 8.80. The molecule has 0 fully saturated rings. The van der Waals surface area contributed by atoms with Crippen LogP contribution in [0, 0.1) is 5.41 Å². The number of hydrogen-bond acceptors (Lipinski definition) is 4. The number of carboxylic acids is 1. The van der Waals surface area contributed by atoms with Crippen LogP contribution in [-0.4, -0.2) is 24.2 Å². The summed E-state index contributed by atoms with van der Waals surface area (Å²) < 4.78 is 4.71. The van der Waals surface area contributed by atoms with E-state index in [2.05, 4.69) is 0 Å². The van der Waals surface area contributed by atoms with Crippen LogP contribution >= 0.6 is 0 Å². The van der Waals surface area contributed by atoms with E-state index in [1.165, 1.54) is 19.2 Å². The molecule has 1 aromatic carbocycles. The van der Waals surface area contributed by atoms with E-state index in [0.717, 1.165) is 0 Å². The van der Waals surface area contributed by atoms with Crippen LogP contribution in [0.15, 0.2) is 24.3 Å². The summed E-state index contributed by atoms with van der Waals surface area (Å²) in [6.07, 6.45) is 0. The van der Waals surface area contributed by atoms with Crippen LogP contribution < -0.4 is 5.73 Å². The molecule has 3 N–H and O–H groups in total.